The molecule has 2 aromatic rings. The van der Waals surface area contributed by atoms with Crippen molar-refractivity contribution in [1.82, 2.24) is 5.32 Å². The molecule has 1 nitrogen and oxygen atoms in total. The smallest absolute Gasteiger partial charge is 0.0389 e. The molecule has 1 unspecified atom stereocenters. The molecule has 0 aliphatic rings. The topological polar surface area (TPSA) is 12.0 Å². The van der Waals surface area contributed by atoms with Gasteiger partial charge in [0.2, 0.25) is 0 Å². The Morgan fingerprint density at radius 2 is 1.83 bits per heavy atom. The molecule has 18 heavy (non-hydrogen) atoms. The number of thiophene rings is 1. The summed E-state index contributed by atoms with van der Waals surface area (Å²) in [5.74, 6) is 0. The summed E-state index contributed by atoms with van der Waals surface area (Å²) < 4.78 is 1.47. The summed E-state index contributed by atoms with van der Waals surface area (Å²) in [5.41, 5.74) is 4.27. The Hall–Kier alpha value is -0.860. The van der Waals surface area contributed by atoms with E-state index in [1.165, 1.54) is 38.1 Å². The van der Waals surface area contributed by atoms with E-state index in [4.69, 9.17) is 0 Å². The average Bonchev–Trinajstić information content (AvgIpc) is 2.70. The number of hydrogen-bond acceptors (Lipinski definition) is 2. The predicted octanol–water partition coefficient (Wildman–Crippen LogP) is 4.89. The monoisotopic (exact) mass is 261 g/mol. The van der Waals surface area contributed by atoms with Gasteiger partial charge < -0.3 is 5.32 Å². The minimum absolute atomic E-state index is 0.459. The number of nitrogens with one attached hydrogen (secondary N) is 1. The molecule has 1 N–H and O–H groups in total. The van der Waals surface area contributed by atoms with Crippen molar-refractivity contribution >= 4 is 21.4 Å². The summed E-state index contributed by atoms with van der Waals surface area (Å²) in [7, 11) is 0. The summed E-state index contributed by atoms with van der Waals surface area (Å²) in [6.07, 6.45) is 1.19. The predicted molar refractivity (Wildman–Crippen MR) is 82.7 cm³/mol. The first-order valence-electron chi connectivity index (χ1n) is 6.78. The van der Waals surface area contributed by atoms with Gasteiger partial charge in [0.1, 0.15) is 0 Å². The first-order valence-corrected chi connectivity index (χ1v) is 7.60. The second-order valence-electron chi connectivity index (χ2n) is 5.17. The average molecular weight is 261 g/mol. The summed E-state index contributed by atoms with van der Waals surface area (Å²) in [5, 5.41) is 5.07. The zero-order valence-electron chi connectivity index (χ0n) is 12.1. The lowest BCUT2D eigenvalue weighted by Gasteiger charge is -2.12. The summed E-state index contributed by atoms with van der Waals surface area (Å²) in [4.78, 5) is 1.50. The van der Waals surface area contributed by atoms with Crippen LogP contribution in [0.1, 0.15) is 47.9 Å². The molecule has 1 aromatic heterocycles. The zero-order valence-corrected chi connectivity index (χ0v) is 12.9. The lowest BCUT2D eigenvalue weighted by Crippen LogP contribution is -2.18. The van der Waals surface area contributed by atoms with Crippen LogP contribution in [0.4, 0.5) is 0 Å². The standard InChI is InChI=1S/C16H23NS/c1-6-9-17-13(5)16-12(4)14-10(2)7-8-11(3)15(14)18-16/h7-8,13,17H,6,9H2,1-5H3. The van der Waals surface area contributed by atoms with Crippen LogP contribution in [-0.4, -0.2) is 6.54 Å². The molecule has 98 valence electrons. The first kappa shape index (κ1) is 13.6. The maximum absolute atomic E-state index is 3.60. The normalized spacial score (nSPS) is 13.2. The summed E-state index contributed by atoms with van der Waals surface area (Å²) in [6.45, 7) is 12.3. The summed E-state index contributed by atoms with van der Waals surface area (Å²) >= 11 is 1.96. The van der Waals surface area contributed by atoms with Gasteiger partial charge in [0.05, 0.1) is 0 Å². The highest BCUT2D eigenvalue weighted by Crippen LogP contribution is 2.38. The lowest BCUT2D eigenvalue weighted by atomic mass is 10.0. The van der Waals surface area contributed by atoms with Crippen molar-refractivity contribution in [2.24, 2.45) is 0 Å². The first-order chi connectivity index (χ1) is 8.56. The molecule has 2 heteroatoms. The Labute approximate surface area is 114 Å². The van der Waals surface area contributed by atoms with E-state index in [-0.39, 0.29) is 0 Å². The molecule has 0 fully saturated rings. The molecule has 0 amide bonds. The van der Waals surface area contributed by atoms with E-state index in [9.17, 15) is 0 Å². The van der Waals surface area contributed by atoms with Crippen LogP contribution < -0.4 is 5.32 Å². The van der Waals surface area contributed by atoms with Crippen LogP contribution in [0, 0.1) is 20.8 Å². The molecule has 0 aliphatic carbocycles. The van der Waals surface area contributed by atoms with E-state index >= 15 is 0 Å². The van der Waals surface area contributed by atoms with Gasteiger partial charge in [-0.1, -0.05) is 19.1 Å². The molecule has 0 radical (unpaired) electrons. The van der Waals surface area contributed by atoms with E-state index in [1.54, 1.807) is 0 Å². The van der Waals surface area contributed by atoms with Crippen LogP contribution >= 0.6 is 11.3 Å². The minimum Gasteiger partial charge on any atom is -0.309 e. The van der Waals surface area contributed by atoms with Gasteiger partial charge >= 0.3 is 0 Å². The highest BCUT2D eigenvalue weighted by atomic mass is 32.1. The molecule has 1 atom stereocenters. The highest BCUT2D eigenvalue weighted by Gasteiger charge is 2.16. The van der Waals surface area contributed by atoms with Crippen molar-refractivity contribution in [1.29, 1.82) is 0 Å². The van der Waals surface area contributed by atoms with Gasteiger partial charge in [0.25, 0.3) is 0 Å². The van der Waals surface area contributed by atoms with Crippen LogP contribution in [0.3, 0.4) is 0 Å². The van der Waals surface area contributed by atoms with Crippen molar-refractivity contribution in [3.05, 3.63) is 33.7 Å². The highest BCUT2D eigenvalue weighted by molar-refractivity contribution is 7.19. The molecule has 0 spiro atoms. The van der Waals surface area contributed by atoms with Crippen molar-refractivity contribution in [3.8, 4) is 0 Å². The maximum atomic E-state index is 3.60. The third kappa shape index (κ3) is 2.32. The van der Waals surface area contributed by atoms with Gasteiger partial charge in [-0.15, -0.1) is 11.3 Å². The molecular formula is C16H23NS. The number of fused-ring (bicyclic) bond motifs is 1. The van der Waals surface area contributed by atoms with Crippen LogP contribution in [0.5, 0.6) is 0 Å². The fourth-order valence-electron chi connectivity index (χ4n) is 2.56. The molecular weight excluding hydrogens is 238 g/mol. The molecule has 1 heterocycles. The van der Waals surface area contributed by atoms with E-state index < -0.39 is 0 Å². The lowest BCUT2D eigenvalue weighted by molar-refractivity contribution is 0.576. The van der Waals surface area contributed by atoms with Gasteiger partial charge in [0.15, 0.2) is 0 Å². The van der Waals surface area contributed by atoms with Crippen LogP contribution in [0.2, 0.25) is 0 Å². The number of benzene rings is 1. The van der Waals surface area contributed by atoms with Gasteiger partial charge in [-0.05, 0) is 62.7 Å². The third-order valence-corrected chi connectivity index (χ3v) is 5.22. The molecule has 1 aromatic carbocycles. The quantitative estimate of drug-likeness (QED) is 0.826. The molecule has 0 aliphatic heterocycles. The molecule has 0 saturated carbocycles. The van der Waals surface area contributed by atoms with E-state index in [1.807, 2.05) is 11.3 Å². The van der Waals surface area contributed by atoms with Crippen molar-refractivity contribution in [3.63, 3.8) is 0 Å². The largest absolute Gasteiger partial charge is 0.309 e. The van der Waals surface area contributed by atoms with Crippen molar-refractivity contribution in [2.75, 3.05) is 6.54 Å². The van der Waals surface area contributed by atoms with Crippen LogP contribution in [-0.2, 0) is 0 Å². The van der Waals surface area contributed by atoms with E-state index in [0.717, 1.165) is 6.54 Å². The second-order valence-corrected chi connectivity index (χ2v) is 6.22. The second kappa shape index (κ2) is 5.41. The van der Waals surface area contributed by atoms with Gasteiger partial charge in [0, 0.05) is 15.6 Å². The van der Waals surface area contributed by atoms with E-state index in [0.29, 0.717) is 6.04 Å². The number of rotatable bonds is 4. The van der Waals surface area contributed by atoms with Gasteiger partial charge in [-0.3, -0.25) is 0 Å². The van der Waals surface area contributed by atoms with Crippen molar-refractivity contribution < 1.29 is 0 Å². The number of aryl methyl sites for hydroxylation is 3. The van der Waals surface area contributed by atoms with E-state index in [2.05, 4.69) is 52.1 Å². The van der Waals surface area contributed by atoms with Crippen molar-refractivity contribution in [2.45, 2.75) is 47.1 Å². The summed E-state index contributed by atoms with van der Waals surface area (Å²) in [6, 6.07) is 4.94. The SMILES string of the molecule is CCCNC(C)c1sc2c(C)ccc(C)c2c1C. The fourth-order valence-corrected chi connectivity index (χ4v) is 3.94. The Balaban J connectivity index is 2.50. The fraction of sp³-hybridized carbons (Fsp3) is 0.500. The minimum atomic E-state index is 0.459. The van der Waals surface area contributed by atoms with Crippen LogP contribution in [0.25, 0.3) is 10.1 Å². The molecule has 0 bridgehead atoms. The zero-order chi connectivity index (χ0) is 13.3. The van der Waals surface area contributed by atoms with Gasteiger partial charge in [-0.2, -0.15) is 0 Å². The number of hydrogen-bond donors (Lipinski definition) is 1. The molecule has 2 rings (SSSR count). The van der Waals surface area contributed by atoms with Crippen LogP contribution in [0.15, 0.2) is 12.1 Å². The molecule has 0 saturated heterocycles. The Morgan fingerprint density at radius 3 is 2.44 bits per heavy atom. The Kier molecular flexibility index (Phi) is 4.08. The third-order valence-electron chi connectivity index (χ3n) is 3.61. The Morgan fingerprint density at radius 1 is 1.17 bits per heavy atom. The maximum Gasteiger partial charge on any atom is 0.0389 e. The Bertz CT molecular complexity index is 554. The van der Waals surface area contributed by atoms with Gasteiger partial charge in [-0.25, -0.2) is 0 Å².